The van der Waals surface area contributed by atoms with Gasteiger partial charge in [0.25, 0.3) is 0 Å². The normalized spacial score (nSPS) is 19.5. The number of carbonyl (C=O) groups excluding carboxylic acids is 1. The number of rotatable bonds is 9. The van der Waals surface area contributed by atoms with Crippen molar-refractivity contribution in [3.63, 3.8) is 0 Å². The van der Waals surface area contributed by atoms with Gasteiger partial charge < -0.3 is 15.0 Å². The molecule has 1 aliphatic heterocycles. The van der Waals surface area contributed by atoms with Crippen LogP contribution in [0.25, 0.3) is 22.0 Å². The Morgan fingerprint density at radius 1 is 1.14 bits per heavy atom. The molecule has 1 aliphatic carbocycles. The van der Waals surface area contributed by atoms with Crippen LogP contribution in [0.5, 0.6) is 5.88 Å². The van der Waals surface area contributed by atoms with Crippen molar-refractivity contribution in [2.75, 3.05) is 36.1 Å². The molecular weight excluding hydrogens is 605 g/mol. The fourth-order valence-electron chi connectivity index (χ4n) is 6.33. The van der Waals surface area contributed by atoms with Gasteiger partial charge in [-0.3, -0.25) is 14.5 Å². The molecule has 4 aromatic rings. The van der Waals surface area contributed by atoms with E-state index in [2.05, 4.69) is 20.0 Å². The third-order valence-electron chi connectivity index (χ3n) is 8.37. The SMILES string of the molecule is CC(C)NCCOc1ncc(-c2cc3c4c(cnc3cc2F)N(C)C(=O)C42CC(c3ccc(Cl)cc3)C2)cc1NS(C)(=O)=O. The first-order valence-corrected chi connectivity index (χ1v) is 16.6. The molecule has 2 N–H and O–H groups in total. The van der Waals surface area contributed by atoms with Crippen LogP contribution in [-0.2, 0) is 20.2 Å². The van der Waals surface area contributed by atoms with Gasteiger partial charge in [-0.15, -0.1) is 0 Å². The van der Waals surface area contributed by atoms with Gasteiger partial charge in [-0.05, 0) is 48.6 Å². The second-order valence-corrected chi connectivity index (χ2v) is 14.1. The number of anilines is 2. The molecule has 1 saturated carbocycles. The molecule has 2 aromatic carbocycles. The van der Waals surface area contributed by atoms with Gasteiger partial charge in [-0.25, -0.2) is 17.8 Å². The molecule has 1 spiro atoms. The van der Waals surface area contributed by atoms with Crippen LogP contribution in [0.1, 0.15) is 43.7 Å². The minimum atomic E-state index is -3.69. The van der Waals surface area contributed by atoms with Gasteiger partial charge in [-0.2, -0.15) is 0 Å². The summed E-state index contributed by atoms with van der Waals surface area (Å²) in [6.07, 6.45) is 5.33. The highest BCUT2D eigenvalue weighted by atomic mass is 35.5. The number of ether oxygens (including phenoxy) is 1. The van der Waals surface area contributed by atoms with Crippen molar-refractivity contribution in [2.24, 2.45) is 0 Å². The van der Waals surface area contributed by atoms with Gasteiger partial charge in [0.15, 0.2) is 0 Å². The number of pyridine rings is 2. The number of fused-ring (bicyclic) bond motifs is 4. The topological polar surface area (TPSA) is 114 Å². The lowest BCUT2D eigenvalue weighted by Crippen LogP contribution is -2.47. The first-order chi connectivity index (χ1) is 20.9. The molecule has 230 valence electrons. The zero-order valence-corrected chi connectivity index (χ0v) is 26.4. The van der Waals surface area contributed by atoms with E-state index >= 15 is 4.39 Å². The van der Waals surface area contributed by atoms with E-state index in [0.29, 0.717) is 46.6 Å². The lowest BCUT2D eigenvalue weighted by atomic mass is 9.57. The third kappa shape index (κ3) is 5.48. The average Bonchev–Trinajstić information content (AvgIpc) is 3.17. The van der Waals surface area contributed by atoms with Crippen LogP contribution in [0.2, 0.25) is 5.02 Å². The van der Waals surface area contributed by atoms with E-state index in [0.717, 1.165) is 17.4 Å². The molecule has 12 heteroatoms. The number of likely N-dealkylation sites (N-methyl/N-ethyl adjacent to an activating group) is 1. The summed E-state index contributed by atoms with van der Waals surface area (Å²) < 4.78 is 48.2. The molecule has 6 rings (SSSR count). The molecule has 0 radical (unpaired) electrons. The monoisotopic (exact) mass is 637 g/mol. The molecule has 1 fully saturated rings. The summed E-state index contributed by atoms with van der Waals surface area (Å²) in [4.78, 5) is 24.2. The number of halogens is 2. The summed E-state index contributed by atoms with van der Waals surface area (Å²) in [5.41, 5.74) is 2.98. The first-order valence-electron chi connectivity index (χ1n) is 14.4. The molecule has 1 amide bonds. The second kappa shape index (κ2) is 11.3. The minimum Gasteiger partial charge on any atom is -0.475 e. The van der Waals surface area contributed by atoms with Crippen LogP contribution in [0.3, 0.4) is 0 Å². The highest BCUT2D eigenvalue weighted by Gasteiger charge is 2.58. The number of sulfonamides is 1. The molecule has 0 atom stereocenters. The summed E-state index contributed by atoms with van der Waals surface area (Å²) in [7, 11) is -1.95. The summed E-state index contributed by atoms with van der Waals surface area (Å²) in [5.74, 6) is -0.294. The molecule has 2 aliphatic rings. The van der Waals surface area contributed by atoms with Gasteiger partial charge in [0.05, 0.1) is 29.1 Å². The van der Waals surface area contributed by atoms with Crippen molar-refractivity contribution in [3.05, 3.63) is 76.8 Å². The van der Waals surface area contributed by atoms with E-state index in [1.54, 1.807) is 24.2 Å². The number of amides is 1. The molecule has 2 aromatic heterocycles. The summed E-state index contributed by atoms with van der Waals surface area (Å²) in [5, 5.41) is 4.55. The van der Waals surface area contributed by atoms with E-state index in [1.807, 2.05) is 38.1 Å². The van der Waals surface area contributed by atoms with Crippen molar-refractivity contribution < 1.29 is 22.3 Å². The van der Waals surface area contributed by atoms with Crippen LogP contribution in [-0.4, -0.2) is 56.8 Å². The molecule has 44 heavy (non-hydrogen) atoms. The van der Waals surface area contributed by atoms with Gasteiger partial charge in [0, 0.05) is 59.0 Å². The maximum atomic E-state index is 15.7. The molecule has 9 nitrogen and oxygen atoms in total. The van der Waals surface area contributed by atoms with Crippen LogP contribution >= 0.6 is 11.6 Å². The number of aromatic nitrogens is 2. The molecule has 0 bridgehead atoms. The van der Waals surface area contributed by atoms with Gasteiger partial charge in [0.1, 0.15) is 18.1 Å². The van der Waals surface area contributed by atoms with E-state index < -0.39 is 21.3 Å². The Kier molecular flexibility index (Phi) is 7.75. The van der Waals surface area contributed by atoms with Crippen LogP contribution in [0.15, 0.2) is 54.9 Å². The Labute approximate surface area is 260 Å². The largest absolute Gasteiger partial charge is 0.475 e. The Balaban J connectivity index is 1.40. The Hall–Kier alpha value is -3.80. The van der Waals surface area contributed by atoms with Crippen molar-refractivity contribution in [1.29, 1.82) is 0 Å². The Bertz CT molecular complexity index is 1880. The van der Waals surface area contributed by atoms with Crippen molar-refractivity contribution in [1.82, 2.24) is 15.3 Å². The third-order valence-corrected chi connectivity index (χ3v) is 9.22. The summed E-state index contributed by atoms with van der Waals surface area (Å²) in [6.45, 7) is 4.80. The molecule has 0 saturated heterocycles. The predicted octanol–water partition coefficient (Wildman–Crippen LogP) is 5.63. The fourth-order valence-corrected chi connectivity index (χ4v) is 7.00. The van der Waals surface area contributed by atoms with Crippen LogP contribution in [0.4, 0.5) is 15.8 Å². The van der Waals surface area contributed by atoms with Gasteiger partial charge in [-0.1, -0.05) is 37.6 Å². The van der Waals surface area contributed by atoms with Gasteiger partial charge in [0.2, 0.25) is 21.8 Å². The number of carbonyl (C=O) groups is 1. The van der Waals surface area contributed by atoms with E-state index in [9.17, 15) is 13.2 Å². The van der Waals surface area contributed by atoms with E-state index in [1.165, 1.54) is 18.3 Å². The Morgan fingerprint density at radius 2 is 1.86 bits per heavy atom. The number of nitrogens with zero attached hydrogens (tertiary/aromatic N) is 3. The zero-order valence-electron chi connectivity index (χ0n) is 24.8. The number of nitrogens with one attached hydrogen (secondary N) is 2. The summed E-state index contributed by atoms with van der Waals surface area (Å²) >= 11 is 6.09. The number of hydrogen-bond donors (Lipinski definition) is 2. The average molecular weight is 638 g/mol. The second-order valence-electron chi connectivity index (χ2n) is 11.9. The number of hydrogen-bond acceptors (Lipinski definition) is 7. The quantitative estimate of drug-likeness (QED) is 0.229. The maximum absolute atomic E-state index is 15.7. The van der Waals surface area contributed by atoms with Crippen molar-refractivity contribution in [2.45, 2.75) is 44.1 Å². The van der Waals surface area contributed by atoms with Crippen LogP contribution < -0.4 is 19.7 Å². The molecular formula is C32H33ClFN5O4S. The van der Waals surface area contributed by atoms with Gasteiger partial charge >= 0.3 is 0 Å². The smallest absolute Gasteiger partial charge is 0.238 e. The first kappa shape index (κ1) is 30.2. The molecule has 0 unspecified atom stereocenters. The lowest BCUT2D eigenvalue weighted by Gasteiger charge is -2.44. The highest BCUT2D eigenvalue weighted by molar-refractivity contribution is 7.92. The van der Waals surface area contributed by atoms with Crippen molar-refractivity contribution >= 4 is 49.8 Å². The van der Waals surface area contributed by atoms with E-state index in [4.69, 9.17) is 16.3 Å². The predicted molar refractivity (Wildman–Crippen MR) is 171 cm³/mol. The number of benzene rings is 2. The van der Waals surface area contributed by atoms with Crippen LogP contribution in [0, 0.1) is 5.82 Å². The Morgan fingerprint density at radius 3 is 2.55 bits per heavy atom. The standard InChI is InChI=1S/C32H33ClFN5O4S/c1-18(2)35-9-10-43-30-27(38-44(4,41)42)11-20(16-37-30)23-12-24-26(13-25(23)34)36-17-28-29(24)32(31(40)39(28)3)14-21(15-32)19-5-7-22(33)8-6-19/h5-8,11-13,16-18,21,35,38H,9-10,14-15H2,1-4H3. The minimum absolute atomic E-state index is 0.00680. The lowest BCUT2D eigenvalue weighted by molar-refractivity contribution is -0.126. The van der Waals surface area contributed by atoms with Crippen molar-refractivity contribution in [3.8, 4) is 17.0 Å². The fraction of sp³-hybridized carbons (Fsp3) is 0.344. The maximum Gasteiger partial charge on any atom is 0.238 e. The molecule has 3 heterocycles. The van der Waals surface area contributed by atoms with E-state index in [-0.39, 0.29) is 41.6 Å². The zero-order chi connectivity index (χ0) is 31.4. The summed E-state index contributed by atoms with van der Waals surface area (Å²) in [6, 6.07) is 12.5. The highest BCUT2D eigenvalue weighted by Crippen LogP contribution is 2.60.